The minimum Gasteiger partial charge on any atom is -0.496 e. The zero-order valence-corrected chi connectivity index (χ0v) is 18.0. The molecule has 1 saturated heterocycles. The van der Waals surface area contributed by atoms with Crippen molar-refractivity contribution in [1.29, 1.82) is 0 Å². The van der Waals surface area contributed by atoms with E-state index >= 15 is 0 Å². The minimum absolute atomic E-state index is 0.0866. The van der Waals surface area contributed by atoms with Gasteiger partial charge in [-0.25, -0.2) is 8.42 Å². The van der Waals surface area contributed by atoms with Gasteiger partial charge in [-0.2, -0.15) is 4.31 Å². The van der Waals surface area contributed by atoms with E-state index in [1.54, 1.807) is 41.7 Å². The van der Waals surface area contributed by atoms with E-state index in [0.717, 1.165) is 5.56 Å². The second-order valence-corrected chi connectivity index (χ2v) is 9.28. The second kappa shape index (κ2) is 8.52. The quantitative estimate of drug-likeness (QED) is 0.809. The lowest BCUT2D eigenvalue weighted by Crippen LogP contribution is -2.52. The first kappa shape index (κ1) is 21.3. The van der Waals surface area contributed by atoms with Crippen LogP contribution in [0.2, 0.25) is 0 Å². The fourth-order valence-corrected chi connectivity index (χ4v) is 5.16. The minimum atomic E-state index is -3.57. The van der Waals surface area contributed by atoms with Crippen molar-refractivity contribution in [3.05, 3.63) is 53.6 Å². The van der Waals surface area contributed by atoms with Crippen LogP contribution < -0.4 is 10.1 Å². The van der Waals surface area contributed by atoms with Gasteiger partial charge in [0, 0.05) is 36.9 Å². The molecule has 1 fully saturated rings. The van der Waals surface area contributed by atoms with Gasteiger partial charge in [0.2, 0.25) is 10.0 Å². The van der Waals surface area contributed by atoms with Crippen LogP contribution in [0.5, 0.6) is 5.75 Å². The Labute approximate surface area is 172 Å². The van der Waals surface area contributed by atoms with Gasteiger partial charge in [0.15, 0.2) is 0 Å². The zero-order valence-electron chi connectivity index (χ0n) is 17.2. The summed E-state index contributed by atoms with van der Waals surface area (Å²) in [5.41, 5.74) is 1.91. The number of piperazine rings is 1. The maximum atomic E-state index is 13.0. The van der Waals surface area contributed by atoms with Gasteiger partial charge in [-0.3, -0.25) is 4.79 Å². The molecular weight excluding hydrogens is 390 g/mol. The first-order valence-electron chi connectivity index (χ1n) is 9.49. The molecule has 1 atom stereocenters. The molecule has 2 aromatic carbocycles. The number of aryl methyl sites for hydroxylation is 1. The van der Waals surface area contributed by atoms with E-state index in [-0.39, 0.29) is 16.8 Å². The number of amides is 1. The Bertz CT molecular complexity index is 989. The van der Waals surface area contributed by atoms with Crippen molar-refractivity contribution in [3.63, 3.8) is 0 Å². The van der Waals surface area contributed by atoms with Crippen molar-refractivity contribution >= 4 is 21.6 Å². The molecule has 8 heteroatoms. The normalized spacial score (nSPS) is 18.4. The van der Waals surface area contributed by atoms with Crippen molar-refractivity contribution in [2.24, 2.45) is 0 Å². The van der Waals surface area contributed by atoms with Crippen LogP contribution in [-0.2, 0) is 10.0 Å². The zero-order chi connectivity index (χ0) is 21.2. The van der Waals surface area contributed by atoms with Crippen LogP contribution in [0.15, 0.2) is 47.4 Å². The Morgan fingerprint density at radius 1 is 1.14 bits per heavy atom. The van der Waals surface area contributed by atoms with Gasteiger partial charge in [0.25, 0.3) is 5.91 Å². The summed E-state index contributed by atoms with van der Waals surface area (Å²) in [7, 11) is 0.00695. The predicted octanol–water partition coefficient (Wildman–Crippen LogP) is 2.58. The number of carbonyl (C=O) groups excluding carboxylic acids is 1. The van der Waals surface area contributed by atoms with E-state index in [0.29, 0.717) is 36.6 Å². The molecule has 1 aliphatic rings. The van der Waals surface area contributed by atoms with E-state index in [1.807, 2.05) is 20.9 Å². The topological polar surface area (TPSA) is 78.9 Å². The van der Waals surface area contributed by atoms with Crippen LogP contribution in [-0.4, -0.2) is 63.4 Å². The number of carbonyl (C=O) groups is 1. The number of ether oxygens (including phenoxy) is 1. The van der Waals surface area contributed by atoms with Crippen molar-refractivity contribution in [2.75, 3.05) is 39.1 Å². The fraction of sp³-hybridized carbons (Fsp3) is 0.381. The molecule has 7 nitrogen and oxygen atoms in total. The highest BCUT2D eigenvalue weighted by Crippen LogP contribution is 2.23. The average Bonchev–Trinajstić information content (AvgIpc) is 2.68. The monoisotopic (exact) mass is 417 g/mol. The molecule has 1 heterocycles. The van der Waals surface area contributed by atoms with Crippen LogP contribution in [0, 0.1) is 6.92 Å². The lowest BCUT2D eigenvalue weighted by Gasteiger charge is -2.37. The van der Waals surface area contributed by atoms with E-state index in [1.165, 1.54) is 12.1 Å². The smallest absolute Gasteiger partial charge is 0.255 e. The average molecular weight is 418 g/mol. The van der Waals surface area contributed by atoms with Crippen LogP contribution >= 0.6 is 0 Å². The van der Waals surface area contributed by atoms with Gasteiger partial charge in [-0.1, -0.05) is 0 Å². The summed E-state index contributed by atoms with van der Waals surface area (Å²) < 4.78 is 32.7. The number of rotatable bonds is 5. The van der Waals surface area contributed by atoms with E-state index < -0.39 is 10.0 Å². The van der Waals surface area contributed by atoms with Gasteiger partial charge in [-0.15, -0.1) is 0 Å². The number of sulfonamides is 1. The van der Waals surface area contributed by atoms with Crippen LogP contribution in [0.25, 0.3) is 0 Å². The van der Waals surface area contributed by atoms with Gasteiger partial charge < -0.3 is 15.0 Å². The molecule has 0 radical (unpaired) electrons. The Balaban J connectivity index is 1.73. The molecule has 0 aliphatic carbocycles. The number of benzene rings is 2. The summed E-state index contributed by atoms with van der Waals surface area (Å²) in [4.78, 5) is 14.8. The summed E-state index contributed by atoms with van der Waals surface area (Å²) in [6, 6.07) is 11.4. The van der Waals surface area contributed by atoms with Gasteiger partial charge in [0.05, 0.1) is 12.0 Å². The van der Waals surface area contributed by atoms with Crippen LogP contribution in [0.1, 0.15) is 22.8 Å². The number of anilines is 1. The lowest BCUT2D eigenvalue weighted by molar-refractivity contribution is 0.102. The van der Waals surface area contributed by atoms with E-state index in [9.17, 15) is 13.2 Å². The molecule has 29 heavy (non-hydrogen) atoms. The Kier molecular flexibility index (Phi) is 6.26. The summed E-state index contributed by atoms with van der Waals surface area (Å²) in [6.45, 7) is 5.66. The number of likely N-dealkylation sites (N-methyl/N-ethyl adjacent to an activating group) is 1. The fourth-order valence-electron chi connectivity index (χ4n) is 3.55. The van der Waals surface area contributed by atoms with Crippen molar-refractivity contribution in [1.82, 2.24) is 9.21 Å². The third-order valence-corrected chi connectivity index (χ3v) is 7.17. The van der Waals surface area contributed by atoms with E-state index in [2.05, 4.69) is 10.2 Å². The van der Waals surface area contributed by atoms with Crippen LogP contribution in [0.3, 0.4) is 0 Å². The van der Waals surface area contributed by atoms with Crippen molar-refractivity contribution < 1.29 is 17.9 Å². The molecule has 2 aromatic rings. The first-order valence-corrected chi connectivity index (χ1v) is 10.9. The van der Waals surface area contributed by atoms with Crippen LogP contribution in [0.4, 0.5) is 5.69 Å². The highest BCUT2D eigenvalue weighted by Gasteiger charge is 2.32. The highest BCUT2D eigenvalue weighted by molar-refractivity contribution is 7.89. The molecule has 1 N–H and O–H groups in total. The molecule has 156 valence electrons. The predicted molar refractivity (Wildman–Crippen MR) is 113 cm³/mol. The SMILES string of the molecule is COc1ccc(C(=O)Nc2ccc(S(=O)(=O)N3CCN(C)CC3C)cc2)cc1C. The third kappa shape index (κ3) is 4.60. The molecule has 0 aromatic heterocycles. The van der Waals surface area contributed by atoms with Gasteiger partial charge in [0.1, 0.15) is 5.75 Å². The summed E-state index contributed by atoms with van der Waals surface area (Å²) in [6.07, 6.45) is 0. The summed E-state index contributed by atoms with van der Waals surface area (Å²) >= 11 is 0. The lowest BCUT2D eigenvalue weighted by atomic mass is 10.1. The first-order chi connectivity index (χ1) is 13.7. The third-order valence-electron chi connectivity index (χ3n) is 5.15. The molecular formula is C21H27N3O4S. The Morgan fingerprint density at radius 3 is 2.41 bits per heavy atom. The molecule has 0 spiro atoms. The standard InChI is InChI=1S/C21H27N3O4S/c1-15-13-17(5-10-20(15)28-4)21(25)22-18-6-8-19(9-7-18)29(26,27)24-12-11-23(3)14-16(24)2/h5-10,13,16H,11-12,14H2,1-4H3,(H,22,25). The molecule has 1 unspecified atom stereocenters. The number of nitrogens with one attached hydrogen (secondary N) is 1. The maximum absolute atomic E-state index is 13.0. The molecule has 0 saturated carbocycles. The van der Waals surface area contributed by atoms with Gasteiger partial charge in [-0.05, 0) is 68.9 Å². The Hall–Kier alpha value is -2.42. The van der Waals surface area contributed by atoms with E-state index in [4.69, 9.17) is 4.74 Å². The molecule has 1 aliphatic heterocycles. The largest absolute Gasteiger partial charge is 0.496 e. The highest BCUT2D eigenvalue weighted by atomic mass is 32.2. The number of methoxy groups -OCH3 is 1. The second-order valence-electron chi connectivity index (χ2n) is 7.39. The number of nitrogens with zero attached hydrogens (tertiary/aromatic N) is 2. The maximum Gasteiger partial charge on any atom is 0.255 e. The molecule has 0 bridgehead atoms. The van der Waals surface area contributed by atoms with Gasteiger partial charge >= 0.3 is 0 Å². The summed E-state index contributed by atoms with van der Waals surface area (Å²) in [5, 5.41) is 2.80. The Morgan fingerprint density at radius 2 is 1.83 bits per heavy atom. The number of hydrogen-bond acceptors (Lipinski definition) is 5. The molecule has 3 rings (SSSR count). The van der Waals surface area contributed by atoms with Crippen molar-refractivity contribution in [2.45, 2.75) is 24.8 Å². The number of hydrogen-bond donors (Lipinski definition) is 1. The summed E-state index contributed by atoms with van der Waals surface area (Å²) in [5.74, 6) is 0.452. The molecule has 1 amide bonds. The van der Waals surface area contributed by atoms with Crippen molar-refractivity contribution in [3.8, 4) is 5.75 Å².